The number of carbonyl (C=O) groups is 1. The standard InChI is InChI=1S/C13H23N3O/c1-3-7-15-8-10-16(11-9-15)12(17)13(2)5-4-6-14-13/h3,14H,1,4-11H2,2H3. The lowest BCUT2D eigenvalue weighted by Crippen LogP contribution is -2.57. The van der Waals surface area contributed by atoms with E-state index in [1.807, 2.05) is 17.9 Å². The first-order valence-corrected chi connectivity index (χ1v) is 6.53. The van der Waals surface area contributed by atoms with E-state index in [-0.39, 0.29) is 11.4 Å². The number of hydrogen-bond acceptors (Lipinski definition) is 3. The molecule has 4 heteroatoms. The SMILES string of the molecule is C=CCN1CCN(C(=O)C2(C)CCCN2)CC1. The van der Waals surface area contributed by atoms with E-state index >= 15 is 0 Å². The Morgan fingerprint density at radius 2 is 2.12 bits per heavy atom. The van der Waals surface area contributed by atoms with E-state index in [0.717, 1.165) is 52.1 Å². The van der Waals surface area contributed by atoms with E-state index in [1.165, 1.54) is 0 Å². The monoisotopic (exact) mass is 237 g/mol. The lowest BCUT2D eigenvalue weighted by Gasteiger charge is -2.38. The van der Waals surface area contributed by atoms with Gasteiger partial charge in [-0.25, -0.2) is 0 Å². The van der Waals surface area contributed by atoms with Gasteiger partial charge in [0.1, 0.15) is 0 Å². The third kappa shape index (κ3) is 2.69. The molecule has 2 rings (SSSR count). The van der Waals surface area contributed by atoms with Crippen molar-refractivity contribution in [3.63, 3.8) is 0 Å². The fourth-order valence-corrected chi connectivity index (χ4v) is 2.74. The molecule has 2 fully saturated rings. The smallest absolute Gasteiger partial charge is 0.242 e. The second kappa shape index (κ2) is 5.19. The van der Waals surface area contributed by atoms with E-state index in [2.05, 4.69) is 16.8 Å². The molecule has 1 N–H and O–H groups in total. The van der Waals surface area contributed by atoms with Crippen molar-refractivity contribution in [2.75, 3.05) is 39.3 Å². The molecule has 0 aromatic heterocycles. The molecule has 0 radical (unpaired) electrons. The Kier molecular flexibility index (Phi) is 3.84. The van der Waals surface area contributed by atoms with Crippen LogP contribution in [0.15, 0.2) is 12.7 Å². The molecule has 2 saturated heterocycles. The molecule has 1 atom stereocenters. The lowest BCUT2D eigenvalue weighted by atomic mass is 9.98. The third-order valence-electron chi connectivity index (χ3n) is 3.89. The summed E-state index contributed by atoms with van der Waals surface area (Å²) in [5, 5.41) is 3.35. The van der Waals surface area contributed by atoms with Crippen molar-refractivity contribution < 1.29 is 4.79 Å². The van der Waals surface area contributed by atoms with Crippen LogP contribution in [-0.2, 0) is 4.79 Å². The molecule has 0 aromatic carbocycles. The molecule has 2 aliphatic rings. The summed E-state index contributed by atoms with van der Waals surface area (Å²) < 4.78 is 0. The highest BCUT2D eigenvalue weighted by atomic mass is 16.2. The summed E-state index contributed by atoms with van der Waals surface area (Å²) in [4.78, 5) is 16.8. The Morgan fingerprint density at radius 3 is 2.65 bits per heavy atom. The molecule has 2 heterocycles. The Bertz CT molecular complexity index is 289. The van der Waals surface area contributed by atoms with Crippen molar-refractivity contribution >= 4 is 5.91 Å². The van der Waals surface area contributed by atoms with Crippen molar-refractivity contribution in [3.8, 4) is 0 Å². The van der Waals surface area contributed by atoms with Crippen LogP contribution in [0.4, 0.5) is 0 Å². The minimum absolute atomic E-state index is 0.285. The maximum absolute atomic E-state index is 12.4. The van der Waals surface area contributed by atoms with Crippen LogP contribution in [0.3, 0.4) is 0 Å². The van der Waals surface area contributed by atoms with Gasteiger partial charge in [0.2, 0.25) is 5.91 Å². The van der Waals surface area contributed by atoms with Gasteiger partial charge in [-0.1, -0.05) is 6.08 Å². The van der Waals surface area contributed by atoms with Crippen LogP contribution in [0.2, 0.25) is 0 Å². The number of nitrogens with zero attached hydrogens (tertiary/aromatic N) is 2. The largest absolute Gasteiger partial charge is 0.339 e. The van der Waals surface area contributed by atoms with Crippen molar-refractivity contribution in [2.24, 2.45) is 0 Å². The highest BCUT2D eigenvalue weighted by molar-refractivity contribution is 5.86. The molecule has 17 heavy (non-hydrogen) atoms. The number of piperazine rings is 1. The lowest BCUT2D eigenvalue weighted by molar-refractivity contribution is -0.138. The first-order valence-electron chi connectivity index (χ1n) is 6.53. The molecule has 0 spiro atoms. The second-order valence-corrected chi connectivity index (χ2v) is 5.24. The van der Waals surface area contributed by atoms with Gasteiger partial charge in [0.25, 0.3) is 0 Å². The van der Waals surface area contributed by atoms with E-state index in [0.29, 0.717) is 0 Å². The molecule has 0 aromatic rings. The van der Waals surface area contributed by atoms with Crippen molar-refractivity contribution in [1.82, 2.24) is 15.1 Å². The van der Waals surface area contributed by atoms with Gasteiger partial charge in [0.15, 0.2) is 0 Å². The van der Waals surface area contributed by atoms with Gasteiger partial charge < -0.3 is 10.2 Å². The summed E-state index contributed by atoms with van der Waals surface area (Å²) in [6.45, 7) is 11.3. The highest BCUT2D eigenvalue weighted by Crippen LogP contribution is 2.21. The number of carbonyl (C=O) groups excluding carboxylic acids is 1. The Morgan fingerprint density at radius 1 is 1.41 bits per heavy atom. The van der Waals surface area contributed by atoms with Crippen molar-refractivity contribution in [1.29, 1.82) is 0 Å². The van der Waals surface area contributed by atoms with Crippen molar-refractivity contribution in [3.05, 3.63) is 12.7 Å². The van der Waals surface area contributed by atoms with Gasteiger partial charge in [-0.3, -0.25) is 9.69 Å². The molecule has 0 aliphatic carbocycles. The summed E-state index contributed by atoms with van der Waals surface area (Å²) in [6, 6.07) is 0. The maximum Gasteiger partial charge on any atom is 0.242 e. The highest BCUT2D eigenvalue weighted by Gasteiger charge is 2.39. The first-order chi connectivity index (χ1) is 8.15. The summed E-state index contributed by atoms with van der Waals surface area (Å²) in [5.41, 5.74) is -0.305. The summed E-state index contributed by atoms with van der Waals surface area (Å²) >= 11 is 0. The summed E-state index contributed by atoms with van der Waals surface area (Å²) in [5.74, 6) is 0.285. The van der Waals surface area contributed by atoms with Gasteiger partial charge in [0.05, 0.1) is 5.54 Å². The van der Waals surface area contributed by atoms with Gasteiger partial charge >= 0.3 is 0 Å². The van der Waals surface area contributed by atoms with Gasteiger partial charge in [0, 0.05) is 32.7 Å². The topological polar surface area (TPSA) is 35.6 Å². The second-order valence-electron chi connectivity index (χ2n) is 5.24. The fraction of sp³-hybridized carbons (Fsp3) is 0.769. The van der Waals surface area contributed by atoms with E-state index < -0.39 is 0 Å². The zero-order valence-corrected chi connectivity index (χ0v) is 10.7. The fourth-order valence-electron chi connectivity index (χ4n) is 2.74. The first kappa shape index (κ1) is 12.6. The molecule has 1 amide bonds. The molecular formula is C13H23N3O. The molecule has 2 aliphatic heterocycles. The van der Waals surface area contributed by atoms with Crippen LogP contribution in [0.1, 0.15) is 19.8 Å². The van der Waals surface area contributed by atoms with Crippen LogP contribution < -0.4 is 5.32 Å². The minimum atomic E-state index is -0.305. The Hall–Kier alpha value is -0.870. The van der Waals surface area contributed by atoms with Gasteiger partial charge in [-0.2, -0.15) is 0 Å². The maximum atomic E-state index is 12.4. The molecule has 0 saturated carbocycles. The predicted molar refractivity (Wildman–Crippen MR) is 68.9 cm³/mol. The zero-order chi connectivity index (χ0) is 12.3. The molecule has 96 valence electrons. The van der Waals surface area contributed by atoms with E-state index in [4.69, 9.17) is 0 Å². The van der Waals surface area contributed by atoms with E-state index in [9.17, 15) is 4.79 Å². The zero-order valence-electron chi connectivity index (χ0n) is 10.7. The van der Waals surface area contributed by atoms with Crippen LogP contribution in [0, 0.1) is 0 Å². The predicted octanol–water partition coefficient (Wildman–Crippen LogP) is 0.459. The molecular weight excluding hydrogens is 214 g/mol. The van der Waals surface area contributed by atoms with Crippen LogP contribution in [0.5, 0.6) is 0 Å². The van der Waals surface area contributed by atoms with Gasteiger partial charge in [-0.05, 0) is 26.3 Å². The number of amides is 1. The number of hydrogen-bond donors (Lipinski definition) is 1. The van der Waals surface area contributed by atoms with Crippen LogP contribution in [0.25, 0.3) is 0 Å². The van der Waals surface area contributed by atoms with Gasteiger partial charge in [-0.15, -0.1) is 6.58 Å². The summed E-state index contributed by atoms with van der Waals surface area (Å²) in [6.07, 6.45) is 4.01. The normalized spacial score (nSPS) is 30.5. The Labute approximate surface area is 104 Å². The average molecular weight is 237 g/mol. The Balaban J connectivity index is 1.88. The number of nitrogens with one attached hydrogen (secondary N) is 1. The summed E-state index contributed by atoms with van der Waals surface area (Å²) in [7, 11) is 0. The average Bonchev–Trinajstić information content (AvgIpc) is 2.78. The number of rotatable bonds is 3. The molecule has 0 bridgehead atoms. The molecule has 1 unspecified atom stereocenters. The van der Waals surface area contributed by atoms with Crippen LogP contribution >= 0.6 is 0 Å². The molecule has 4 nitrogen and oxygen atoms in total. The van der Waals surface area contributed by atoms with Crippen molar-refractivity contribution in [2.45, 2.75) is 25.3 Å². The van der Waals surface area contributed by atoms with E-state index in [1.54, 1.807) is 0 Å². The van der Waals surface area contributed by atoms with Crippen LogP contribution in [-0.4, -0.2) is 60.5 Å². The quantitative estimate of drug-likeness (QED) is 0.724. The third-order valence-corrected chi connectivity index (χ3v) is 3.89. The minimum Gasteiger partial charge on any atom is -0.339 e.